The second-order valence-electron chi connectivity index (χ2n) is 13.7. The zero-order valence-electron chi connectivity index (χ0n) is 30.7. The van der Waals surface area contributed by atoms with Gasteiger partial charge in [-0.1, -0.05) is 178 Å². The van der Waals surface area contributed by atoms with Crippen LogP contribution in [0, 0.1) is 0 Å². The highest BCUT2D eigenvalue weighted by Gasteiger charge is 2.25. The van der Waals surface area contributed by atoms with Gasteiger partial charge in [-0.2, -0.15) is 9.90 Å². The van der Waals surface area contributed by atoms with Gasteiger partial charge in [0.25, 0.3) is 0 Å². The number of hydrogen-bond donors (Lipinski definition) is 0. The monoisotopic (exact) mass is 936 g/mol. The topological polar surface area (TPSA) is 9.23 Å². The molecule has 1 nitrogen and oxygen atoms in total. The van der Waals surface area contributed by atoms with E-state index in [-0.39, 0.29) is 9.90 Å². The molecule has 0 spiro atoms. The fourth-order valence-corrected chi connectivity index (χ4v) is 9.53. The average molecular weight is 940 g/mol. The van der Waals surface area contributed by atoms with Gasteiger partial charge in [-0.15, -0.1) is 0 Å². The van der Waals surface area contributed by atoms with E-state index in [0.717, 1.165) is 66.1 Å². The average Bonchev–Trinajstić information content (AvgIpc) is 3.19. The maximum Gasteiger partial charge on any atom is 0.139 e. The van der Waals surface area contributed by atoms with Gasteiger partial charge in [0.05, 0.1) is 0 Å². The smallest absolute Gasteiger partial charge is 0.139 e. The minimum Gasteiger partial charge on any atom is -0.455 e. The predicted molar refractivity (Wildman–Crippen MR) is 256 cm³/mol. The highest BCUT2D eigenvalue weighted by atomic mass is 35.5. The number of hydrogen-bond acceptors (Lipinski definition) is 1. The molecule has 0 aliphatic heterocycles. The summed E-state index contributed by atoms with van der Waals surface area (Å²) < 4.78 is 7.54. The Kier molecular flexibility index (Phi) is 13.8. The number of fused-ring (bicyclic) bond motifs is 2. The lowest BCUT2D eigenvalue weighted by Crippen LogP contribution is -2.07. The summed E-state index contributed by atoms with van der Waals surface area (Å²) in [5.74, 6) is 1.29. The molecular weight excluding hydrogens is 907 g/mol. The van der Waals surface area contributed by atoms with Crippen LogP contribution >= 0.6 is 103 Å². The van der Waals surface area contributed by atoms with Gasteiger partial charge in [-0.25, -0.2) is 0 Å². The molecule has 0 amide bonds. The molecule has 0 N–H and O–H groups in total. The van der Waals surface area contributed by atoms with Crippen LogP contribution < -0.4 is 4.74 Å². The lowest BCUT2D eigenvalue weighted by molar-refractivity contribution is 0.482. The summed E-state index contributed by atoms with van der Waals surface area (Å²) in [5.41, 5.74) is 6.79. The van der Waals surface area contributed by atoms with Gasteiger partial charge in [0.15, 0.2) is 0 Å². The van der Waals surface area contributed by atoms with Crippen molar-refractivity contribution in [3.05, 3.63) is 218 Å². The van der Waals surface area contributed by atoms with E-state index in [4.69, 9.17) is 97.5 Å². The highest BCUT2D eigenvalue weighted by molar-refractivity contribution is 6.92. The van der Waals surface area contributed by atoms with Crippen LogP contribution in [-0.2, 0) is 25.7 Å². The van der Waals surface area contributed by atoms with Crippen LogP contribution in [0.3, 0.4) is 0 Å². The molecule has 58 heavy (non-hydrogen) atoms. The van der Waals surface area contributed by atoms with Crippen molar-refractivity contribution in [2.24, 2.45) is 0 Å². The molecule has 1 unspecified atom stereocenters. The van der Waals surface area contributed by atoms with Crippen LogP contribution in [0.15, 0.2) is 133 Å². The quantitative estimate of drug-likeness (QED) is 0.124. The molecule has 0 heterocycles. The minimum absolute atomic E-state index is 0. The van der Waals surface area contributed by atoms with Gasteiger partial charge >= 0.3 is 0 Å². The molecular formula is C48H33Cl8OP. The van der Waals surface area contributed by atoms with Crippen molar-refractivity contribution in [1.29, 1.82) is 0 Å². The van der Waals surface area contributed by atoms with Crippen LogP contribution in [0.1, 0.15) is 44.5 Å². The summed E-state index contributed by atoms with van der Waals surface area (Å²) in [6.45, 7) is 0. The third kappa shape index (κ3) is 8.82. The van der Waals surface area contributed by atoms with Crippen LogP contribution in [-0.4, -0.2) is 0 Å². The Morgan fingerprint density at radius 3 is 0.897 bits per heavy atom. The summed E-state index contributed by atoms with van der Waals surface area (Å²) in [6.07, 6.45) is 1.55. The van der Waals surface area contributed by atoms with Crippen LogP contribution in [0.5, 0.6) is 11.5 Å². The van der Waals surface area contributed by atoms with E-state index in [1.807, 2.05) is 97.1 Å². The molecule has 1 atom stereocenters. The van der Waals surface area contributed by atoms with Crippen LogP contribution in [0.2, 0.25) is 40.2 Å². The zero-order chi connectivity index (χ0) is 39.8. The minimum atomic E-state index is 0. The maximum atomic E-state index is 7.54. The molecule has 8 rings (SSSR count). The van der Waals surface area contributed by atoms with Crippen molar-refractivity contribution in [2.75, 3.05) is 0 Å². The summed E-state index contributed by atoms with van der Waals surface area (Å²) >= 11 is 54.9. The Morgan fingerprint density at radius 2 is 0.586 bits per heavy atom. The van der Waals surface area contributed by atoms with E-state index in [1.165, 1.54) is 0 Å². The first kappa shape index (κ1) is 42.9. The Hall–Kier alpha value is -3.17. The molecule has 0 radical (unpaired) electrons. The van der Waals surface area contributed by atoms with Gasteiger partial charge in [-0.3, -0.25) is 0 Å². The zero-order valence-corrected chi connectivity index (χ0v) is 38.1. The highest BCUT2D eigenvalue weighted by Crippen LogP contribution is 2.46. The summed E-state index contributed by atoms with van der Waals surface area (Å²) in [6, 6.07) is 42.8. The third-order valence-corrected chi connectivity index (χ3v) is 13.1. The first-order valence-electron chi connectivity index (χ1n) is 18.0. The molecule has 292 valence electrons. The fraction of sp³-hybridized carbons (Fsp3) is 0.0833. The molecule has 0 fully saturated rings. The van der Waals surface area contributed by atoms with Crippen LogP contribution in [0.25, 0.3) is 21.5 Å². The van der Waals surface area contributed by atoms with E-state index >= 15 is 0 Å². The Bertz CT molecular complexity index is 2570. The molecule has 0 saturated heterocycles. The van der Waals surface area contributed by atoms with Gasteiger partial charge in [0.2, 0.25) is 0 Å². The van der Waals surface area contributed by atoms with Crippen molar-refractivity contribution < 1.29 is 4.74 Å². The molecule has 0 bridgehead atoms. The first-order chi connectivity index (χ1) is 27.6. The summed E-state index contributed by atoms with van der Waals surface area (Å²) in [7, 11) is 0. The van der Waals surface area contributed by atoms with Crippen molar-refractivity contribution in [1.82, 2.24) is 0 Å². The molecule has 0 aromatic heterocycles. The second-order valence-corrected chi connectivity index (χ2v) is 17.0. The maximum absolute atomic E-state index is 7.54. The summed E-state index contributed by atoms with van der Waals surface area (Å²) in [4.78, 5) is 0. The molecule has 8 aromatic rings. The lowest BCUT2D eigenvalue weighted by Gasteiger charge is -2.24. The van der Waals surface area contributed by atoms with E-state index in [9.17, 15) is 0 Å². The van der Waals surface area contributed by atoms with Crippen molar-refractivity contribution >= 4 is 124 Å². The van der Waals surface area contributed by atoms with Crippen molar-refractivity contribution in [3.63, 3.8) is 0 Å². The van der Waals surface area contributed by atoms with Gasteiger partial charge in [0, 0.05) is 87.8 Å². The molecule has 0 aliphatic rings. The van der Waals surface area contributed by atoms with Crippen molar-refractivity contribution in [3.8, 4) is 11.5 Å². The Morgan fingerprint density at radius 1 is 0.310 bits per heavy atom. The summed E-state index contributed by atoms with van der Waals surface area (Å²) in [5, 5.41) is 8.17. The second kappa shape index (κ2) is 18.6. The van der Waals surface area contributed by atoms with E-state index in [2.05, 4.69) is 36.4 Å². The Labute approximate surface area is 381 Å². The predicted octanol–water partition coefficient (Wildman–Crippen LogP) is 17.4. The van der Waals surface area contributed by atoms with E-state index < -0.39 is 0 Å². The number of ether oxygens (including phenoxy) is 1. The molecule has 10 heteroatoms. The standard InChI is InChI=1S/C48H30Cl8O.H3P/c49-39-13-5-14-40(50)35(39)23-29-21-27-9-1-3-11-31(27)47(33(29)25-37-43(53)17-7-18-44(37)54)57-48-32-12-4-2-10-28(32)22-30(24-36-41(51)15-6-16-42(36)52)34(48)26-38-45(55)19-8-20-46(38)56;/h1-22H,23-26H2;1H3. The Balaban J connectivity index is 0.00000512. The molecule has 8 aromatic carbocycles. The largest absolute Gasteiger partial charge is 0.455 e. The van der Waals surface area contributed by atoms with Crippen LogP contribution in [0.4, 0.5) is 0 Å². The first-order valence-corrected chi connectivity index (χ1v) is 21.1. The number of benzene rings is 8. The lowest BCUT2D eigenvalue weighted by atomic mass is 9.89. The van der Waals surface area contributed by atoms with E-state index in [0.29, 0.717) is 77.4 Å². The molecule has 0 aliphatic carbocycles. The van der Waals surface area contributed by atoms with Crippen molar-refractivity contribution in [2.45, 2.75) is 25.7 Å². The third-order valence-electron chi connectivity index (χ3n) is 10.3. The van der Waals surface area contributed by atoms with Gasteiger partial charge < -0.3 is 4.74 Å². The SMILES string of the molecule is Clc1cccc(Cl)c1Cc1cc2ccccc2c(Oc2c(Cc3c(Cl)cccc3Cl)c(Cc3c(Cl)cccc3Cl)cc3ccccc23)c1Cc1c(Cl)cccc1Cl.P. The normalized spacial score (nSPS) is 11.2. The number of halogens is 8. The van der Waals surface area contributed by atoms with E-state index in [1.54, 1.807) is 0 Å². The van der Waals surface area contributed by atoms with Gasteiger partial charge in [-0.05, 0) is 92.7 Å². The number of rotatable bonds is 10. The molecule has 0 saturated carbocycles. The van der Waals surface area contributed by atoms with Gasteiger partial charge in [0.1, 0.15) is 11.5 Å². The fourth-order valence-electron chi connectivity index (χ4n) is 7.40.